The van der Waals surface area contributed by atoms with Crippen molar-refractivity contribution in [1.29, 1.82) is 0 Å². The summed E-state index contributed by atoms with van der Waals surface area (Å²) >= 11 is 1.45. The number of nitrogens with one attached hydrogen (secondary N) is 1. The molecule has 1 N–H and O–H groups in total. The van der Waals surface area contributed by atoms with Gasteiger partial charge in [0.1, 0.15) is 0 Å². The van der Waals surface area contributed by atoms with Crippen LogP contribution in [0.4, 0.5) is 0 Å². The molecule has 2 rings (SSSR count). The molecule has 2 atom stereocenters. The zero-order valence-electron chi connectivity index (χ0n) is 13.4. The SMILES string of the molecule is CCc1ccsc1C(=O)NCCC(=O)N1C[C@@H](C)O[C@@H](C)C1. The predicted molar refractivity (Wildman–Crippen MR) is 87.2 cm³/mol. The number of hydrogen-bond donors (Lipinski definition) is 1. The van der Waals surface area contributed by atoms with Crippen molar-refractivity contribution in [2.75, 3.05) is 19.6 Å². The summed E-state index contributed by atoms with van der Waals surface area (Å²) in [5.74, 6) is -0.00689. The minimum absolute atomic E-state index is 0.0699. The van der Waals surface area contributed by atoms with Crippen molar-refractivity contribution in [2.24, 2.45) is 0 Å². The quantitative estimate of drug-likeness (QED) is 0.902. The lowest BCUT2D eigenvalue weighted by molar-refractivity contribution is -0.143. The first-order valence-corrected chi connectivity index (χ1v) is 8.67. The van der Waals surface area contributed by atoms with Gasteiger partial charge in [0.15, 0.2) is 0 Å². The molecule has 0 unspecified atom stereocenters. The van der Waals surface area contributed by atoms with Gasteiger partial charge in [0.05, 0.1) is 17.1 Å². The van der Waals surface area contributed by atoms with Crippen molar-refractivity contribution < 1.29 is 14.3 Å². The fraction of sp³-hybridized carbons (Fsp3) is 0.625. The highest BCUT2D eigenvalue weighted by atomic mass is 32.1. The molecule has 6 heteroatoms. The van der Waals surface area contributed by atoms with Gasteiger partial charge in [0.25, 0.3) is 5.91 Å². The van der Waals surface area contributed by atoms with Crippen molar-refractivity contribution in [3.8, 4) is 0 Å². The Balaban J connectivity index is 1.78. The maximum atomic E-state index is 12.2. The molecule has 1 aliphatic rings. The van der Waals surface area contributed by atoms with Crippen LogP contribution in [0.25, 0.3) is 0 Å². The third-order valence-corrected chi connectivity index (χ3v) is 4.69. The van der Waals surface area contributed by atoms with Crippen LogP contribution in [0.2, 0.25) is 0 Å². The summed E-state index contributed by atoms with van der Waals surface area (Å²) in [6.45, 7) is 7.60. The van der Waals surface area contributed by atoms with Gasteiger partial charge in [-0.15, -0.1) is 11.3 Å². The van der Waals surface area contributed by atoms with E-state index in [0.717, 1.165) is 16.9 Å². The summed E-state index contributed by atoms with van der Waals surface area (Å²) in [5, 5.41) is 4.77. The van der Waals surface area contributed by atoms with E-state index in [-0.39, 0.29) is 24.0 Å². The summed E-state index contributed by atoms with van der Waals surface area (Å²) in [4.78, 5) is 26.9. The molecule has 122 valence electrons. The lowest BCUT2D eigenvalue weighted by Gasteiger charge is -2.35. The first-order valence-electron chi connectivity index (χ1n) is 7.79. The Morgan fingerprint density at radius 3 is 2.68 bits per heavy atom. The van der Waals surface area contributed by atoms with E-state index in [0.29, 0.717) is 26.1 Å². The van der Waals surface area contributed by atoms with Crippen LogP contribution in [-0.2, 0) is 16.0 Å². The number of carbonyl (C=O) groups excluding carboxylic acids is 2. The van der Waals surface area contributed by atoms with Crippen molar-refractivity contribution in [3.05, 3.63) is 21.9 Å². The Labute approximate surface area is 135 Å². The van der Waals surface area contributed by atoms with E-state index in [2.05, 4.69) is 5.32 Å². The fourth-order valence-electron chi connectivity index (χ4n) is 2.72. The fourth-order valence-corrected chi connectivity index (χ4v) is 3.63. The molecule has 0 aliphatic carbocycles. The van der Waals surface area contributed by atoms with Gasteiger partial charge in [0, 0.05) is 26.1 Å². The predicted octanol–water partition coefficient (Wildman–Crippen LogP) is 2.07. The summed E-state index contributed by atoms with van der Waals surface area (Å²) in [5.41, 5.74) is 1.06. The van der Waals surface area contributed by atoms with E-state index in [1.807, 2.05) is 37.1 Å². The van der Waals surface area contributed by atoms with Crippen molar-refractivity contribution in [1.82, 2.24) is 10.2 Å². The maximum absolute atomic E-state index is 12.2. The number of carbonyl (C=O) groups is 2. The van der Waals surface area contributed by atoms with E-state index in [9.17, 15) is 9.59 Å². The molecule has 1 fully saturated rings. The second-order valence-electron chi connectivity index (χ2n) is 5.69. The van der Waals surface area contributed by atoms with Gasteiger partial charge in [-0.3, -0.25) is 9.59 Å². The molecule has 0 bridgehead atoms. The van der Waals surface area contributed by atoms with Gasteiger partial charge in [-0.25, -0.2) is 0 Å². The van der Waals surface area contributed by atoms with Crippen LogP contribution in [-0.4, -0.2) is 48.6 Å². The molecule has 1 saturated heterocycles. The van der Waals surface area contributed by atoms with Gasteiger partial charge >= 0.3 is 0 Å². The van der Waals surface area contributed by atoms with Crippen LogP contribution >= 0.6 is 11.3 Å². The highest BCUT2D eigenvalue weighted by molar-refractivity contribution is 7.12. The second kappa shape index (κ2) is 7.74. The number of ether oxygens (including phenoxy) is 1. The molecule has 22 heavy (non-hydrogen) atoms. The van der Waals surface area contributed by atoms with Gasteiger partial charge in [0.2, 0.25) is 5.91 Å². The van der Waals surface area contributed by atoms with Crippen LogP contribution in [0.15, 0.2) is 11.4 Å². The summed E-state index contributed by atoms with van der Waals surface area (Å²) in [6, 6.07) is 1.97. The highest BCUT2D eigenvalue weighted by Gasteiger charge is 2.25. The van der Waals surface area contributed by atoms with E-state index >= 15 is 0 Å². The monoisotopic (exact) mass is 324 g/mol. The number of rotatable bonds is 5. The maximum Gasteiger partial charge on any atom is 0.261 e. The topological polar surface area (TPSA) is 58.6 Å². The van der Waals surface area contributed by atoms with Crippen LogP contribution in [0.3, 0.4) is 0 Å². The van der Waals surface area contributed by atoms with Crippen LogP contribution in [0.5, 0.6) is 0 Å². The first-order chi connectivity index (χ1) is 10.5. The molecule has 0 aromatic carbocycles. The normalized spacial score (nSPS) is 21.7. The largest absolute Gasteiger partial charge is 0.372 e. The molecule has 0 saturated carbocycles. The molecule has 2 heterocycles. The van der Waals surface area contributed by atoms with Gasteiger partial charge in [-0.2, -0.15) is 0 Å². The Morgan fingerprint density at radius 2 is 2.05 bits per heavy atom. The van der Waals surface area contributed by atoms with Crippen LogP contribution in [0.1, 0.15) is 42.4 Å². The summed E-state index contributed by atoms with van der Waals surface area (Å²) < 4.78 is 5.62. The first kappa shape index (κ1) is 17.0. The molecule has 1 aromatic heterocycles. The van der Waals surface area contributed by atoms with Crippen LogP contribution in [0, 0.1) is 0 Å². The van der Waals surface area contributed by atoms with Crippen LogP contribution < -0.4 is 5.32 Å². The Hall–Kier alpha value is -1.40. The minimum atomic E-state index is -0.0802. The van der Waals surface area contributed by atoms with E-state index in [1.165, 1.54) is 11.3 Å². The Kier molecular flexibility index (Phi) is 5.97. The van der Waals surface area contributed by atoms with Crippen molar-refractivity contribution >= 4 is 23.2 Å². The van der Waals surface area contributed by atoms with Gasteiger partial charge in [-0.05, 0) is 37.3 Å². The highest BCUT2D eigenvalue weighted by Crippen LogP contribution is 2.17. The second-order valence-corrected chi connectivity index (χ2v) is 6.61. The molecule has 5 nitrogen and oxygen atoms in total. The number of aryl methyl sites for hydroxylation is 1. The third-order valence-electron chi connectivity index (χ3n) is 3.73. The zero-order chi connectivity index (χ0) is 16.1. The standard InChI is InChI=1S/C16H24N2O3S/c1-4-13-6-8-22-15(13)16(20)17-7-5-14(19)18-9-11(2)21-12(3)10-18/h6,8,11-12H,4-5,7,9-10H2,1-3H3,(H,17,20)/t11-,12+. The Morgan fingerprint density at radius 1 is 1.36 bits per heavy atom. The average Bonchev–Trinajstić information content (AvgIpc) is 2.94. The lowest BCUT2D eigenvalue weighted by Crippen LogP contribution is -2.48. The van der Waals surface area contributed by atoms with Gasteiger partial charge < -0.3 is 15.0 Å². The molecular weight excluding hydrogens is 300 g/mol. The summed E-state index contributed by atoms with van der Waals surface area (Å²) in [6.07, 6.45) is 1.31. The summed E-state index contributed by atoms with van der Waals surface area (Å²) in [7, 11) is 0. The Bertz CT molecular complexity index is 519. The number of amides is 2. The van der Waals surface area contributed by atoms with E-state index in [1.54, 1.807) is 0 Å². The molecular formula is C16H24N2O3S. The molecule has 1 aromatic rings. The molecule has 0 radical (unpaired) electrons. The van der Waals surface area contributed by atoms with Gasteiger partial charge in [-0.1, -0.05) is 6.92 Å². The number of morpholine rings is 1. The number of thiophene rings is 1. The smallest absolute Gasteiger partial charge is 0.261 e. The minimum Gasteiger partial charge on any atom is -0.372 e. The zero-order valence-corrected chi connectivity index (χ0v) is 14.2. The van der Waals surface area contributed by atoms with Crippen molar-refractivity contribution in [3.63, 3.8) is 0 Å². The lowest BCUT2D eigenvalue weighted by atomic mass is 10.2. The van der Waals surface area contributed by atoms with Crippen molar-refractivity contribution in [2.45, 2.75) is 45.8 Å². The third kappa shape index (κ3) is 4.30. The number of hydrogen-bond acceptors (Lipinski definition) is 4. The number of nitrogens with zero attached hydrogens (tertiary/aromatic N) is 1. The molecule has 2 amide bonds. The molecule has 0 spiro atoms. The average molecular weight is 324 g/mol. The van der Waals surface area contributed by atoms with E-state index in [4.69, 9.17) is 4.74 Å². The van der Waals surface area contributed by atoms with E-state index < -0.39 is 0 Å². The molecule has 1 aliphatic heterocycles.